The summed E-state index contributed by atoms with van der Waals surface area (Å²) in [5.74, 6) is 3.08. The maximum Gasteiger partial charge on any atom is 0.155 e. The summed E-state index contributed by atoms with van der Waals surface area (Å²) in [5.41, 5.74) is 2.95. The van der Waals surface area contributed by atoms with E-state index in [9.17, 15) is 10.0 Å². The van der Waals surface area contributed by atoms with Crippen LogP contribution in [0.5, 0.6) is 0 Å². The second-order valence-corrected chi connectivity index (χ2v) is 9.38. The highest BCUT2D eigenvalue weighted by atomic mass is 16.4. The molecule has 6 atom stereocenters. The first-order chi connectivity index (χ1) is 11.4. The highest BCUT2D eigenvalue weighted by molar-refractivity contribution is 5.91. The Kier molecular flexibility index (Phi) is 3.71. The van der Waals surface area contributed by atoms with Crippen LogP contribution in [0.3, 0.4) is 0 Å². The predicted molar refractivity (Wildman–Crippen MR) is 95.1 cm³/mol. The normalized spacial score (nSPS) is 48.4. The first-order valence-electron chi connectivity index (χ1n) is 9.82. The molecule has 1 N–H and O–H groups in total. The highest BCUT2D eigenvalue weighted by Crippen LogP contribution is 2.66. The van der Waals surface area contributed by atoms with Crippen molar-refractivity contribution in [1.82, 2.24) is 0 Å². The first kappa shape index (κ1) is 16.4. The van der Waals surface area contributed by atoms with Crippen LogP contribution in [0.1, 0.15) is 72.1 Å². The molecule has 132 valence electrons. The van der Waals surface area contributed by atoms with Gasteiger partial charge in [0.2, 0.25) is 0 Å². The van der Waals surface area contributed by atoms with Gasteiger partial charge in [-0.15, -0.1) is 0 Å². The number of fused-ring (bicyclic) bond motifs is 5. The fourth-order valence-electron chi connectivity index (χ4n) is 7.32. The van der Waals surface area contributed by atoms with Gasteiger partial charge in [0, 0.05) is 12.3 Å². The summed E-state index contributed by atoms with van der Waals surface area (Å²) in [4.78, 5) is 11.9. The van der Waals surface area contributed by atoms with Crippen LogP contribution < -0.4 is 0 Å². The fourth-order valence-corrected chi connectivity index (χ4v) is 7.32. The Morgan fingerprint density at radius 2 is 1.92 bits per heavy atom. The Bertz CT molecular complexity index is 621. The van der Waals surface area contributed by atoms with E-state index < -0.39 is 0 Å². The van der Waals surface area contributed by atoms with Crippen molar-refractivity contribution in [3.8, 4) is 0 Å². The van der Waals surface area contributed by atoms with Crippen molar-refractivity contribution in [3.05, 3.63) is 11.6 Å². The molecular formula is C21H31NO2. The third-order valence-electron chi connectivity index (χ3n) is 8.62. The van der Waals surface area contributed by atoms with Gasteiger partial charge in [-0.05, 0) is 86.5 Å². The fraction of sp³-hybridized carbons (Fsp3) is 0.810. The lowest BCUT2D eigenvalue weighted by Crippen LogP contribution is -2.51. The zero-order valence-corrected chi connectivity index (χ0v) is 15.3. The Morgan fingerprint density at radius 3 is 2.67 bits per heavy atom. The zero-order valence-electron chi connectivity index (χ0n) is 15.3. The van der Waals surface area contributed by atoms with Crippen molar-refractivity contribution < 1.29 is 10.0 Å². The van der Waals surface area contributed by atoms with Crippen molar-refractivity contribution in [2.24, 2.45) is 39.7 Å². The molecule has 0 saturated heterocycles. The van der Waals surface area contributed by atoms with Crippen molar-refractivity contribution >= 4 is 11.5 Å². The van der Waals surface area contributed by atoms with Crippen LogP contribution in [-0.4, -0.2) is 16.7 Å². The van der Waals surface area contributed by atoms with Gasteiger partial charge in [-0.1, -0.05) is 24.6 Å². The van der Waals surface area contributed by atoms with E-state index in [1.54, 1.807) is 0 Å². The van der Waals surface area contributed by atoms with Crippen molar-refractivity contribution in [2.75, 3.05) is 0 Å². The number of hydrogen-bond donors (Lipinski definition) is 1. The Hall–Kier alpha value is -1.12. The smallest absolute Gasteiger partial charge is 0.155 e. The van der Waals surface area contributed by atoms with Gasteiger partial charge < -0.3 is 5.21 Å². The molecule has 3 nitrogen and oxygen atoms in total. The quantitative estimate of drug-likeness (QED) is 0.419. The summed E-state index contributed by atoms with van der Waals surface area (Å²) in [6, 6.07) is 0. The monoisotopic (exact) mass is 329 g/mol. The van der Waals surface area contributed by atoms with Gasteiger partial charge in [-0.3, -0.25) is 4.79 Å². The van der Waals surface area contributed by atoms with Gasteiger partial charge in [0.05, 0.1) is 5.71 Å². The molecule has 0 aliphatic heterocycles. The molecule has 0 spiro atoms. The third kappa shape index (κ3) is 2.09. The van der Waals surface area contributed by atoms with Gasteiger partial charge in [-0.25, -0.2) is 0 Å². The summed E-state index contributed by atoms with van der Waals surface area (Å²) in [5, 5.41) is 12.9. The van der Waals surface area contributed by atoms with Gasteiger partial charge >= 0.3 is 0 Å². The summed E-state index contributed by atoms with van der Waals surface area (Å²) in [6.45, 7) is 6.90. The van der Waals surface area contributed by atoms with Crippen molar-refractivity contribution in [1.29, 1.82) is 0 Å². The van der Waals surface area contributed by atoms with Crippen LogP contribution in [0.25, 0.3) is 0 Å². The van der Waals surface area contributed by atoms with Gasteiger partial charge in [0.15, 0.2) is 5.78 Å². The molecule has 0 amide bonds. The van der Waals surface area contributed by atoms with Gasteiger partial charge in [0.1, 0.15) is 0 Å². The Morgan fingerprint density at radius 1 is 1.12 bits per heavy atom. The molecule has 0 aromatic heterocycles. The predicted octanol–water partition coefficient (Wildman–Crippen LogP) is 4.98. The molecule has 0 radical (unpaired) electrons. The summed E-state index contributed by atoms with van der Waals surface area (Å²) >= 11 is 0. The van der Waals surface area contributed by atoms with E-state index in [0.29, 0.717) is 17.1 Å². The van der Waals surface area contributed by atoms with Crippen LogP contribution in [0.15, 0.2) is 16.8 Å². The lowest BCUT2D eigenvalue weighted by Gasteiger charge is -2.58. The molecule has 0 bridgehead atoms. The second kappa shape index (κ2) is 5.44. The maximum absolute atomic E-state index is 11.9. The average Bonchev–Trinajstić information content (AvgIpc) is 2.92. The molecule has 4 aliphatic rings. The average molecular weight is 329 g/mol. The van der Waals surface area contributed by atoms with E-state index >= 15 is 0 Å². The molecule has 24 heavy (non-hydrogen) atoms. The topological polar surface area (TPSA) is 49.7 Å². The van der Waals surface area contributed by atoms with Crippen molar-refractivity contribution in [3.63, 3.8) is 0 Å². The number of carbonyl (C=O) groups excluding carboxylic acids is 1. The SMILES string of the molecule is C/C(=N\O)[C@H]1CC[C@H]2C3CCC4=CC(=O)CC[C@]4(C)[C@H]3CC[C@]12C. The molecule has 0 heterocycles. The van der Waals surface area contributed by atoms with Crippen LogP contribution in [-0.2, 0) is 4.79 Å². The highest BCUT2D eigenvalue weighted by Gasteiger charge is 2.59. The minimum Gasteiger partial charge on any atom is -0.411 e. The third-order valence-corrected chi connectivity index (χ3v) is 8.62. The largest absolute Gasteiger partial charge is 0.411 e. The van der Waals surface area contributed by atoms with E-state index in [0.717, 1.165) is 42.7 Å². The number of ketones is 1. The lowest BCUT2D eigenvalue weighted by molar-refractivity contribution is -0.117. The number of allylic oxidation sites excluding steroid dienone is 1. The second-order valence-electron chi connectivity index (χ2n) is 9.38. The van der Waals surface area contributed by atoms with Gasteiger partial charge in [-0.2, -0.15) is 0 Å². The zero-order chi connectivity index (χ0) is 17.1. The standard InChI is InChI=1S/C21H31NO2/c1-13(22-24)17-6-7-18-16-5-4-14-12-15(23)8-10-20(14,2)19(16)9-11-21(17,18)3/h12,16-19,24H,4-11H2,1-3H3/b22-13+/t16?,17-,18+,19+,20+,21-/m1/s1. The Balaban J connectivity index is 1.66. The molecule has 4 rings (SSSR count). The minimum absolute atomic E-state index is 0.260. The van der Waals surface area contributed by atoms with Crippen LogP contribution in [0, 0.1) is 34.5 Å². The molecule has 0 aromatic rings. The van der Waals surface area contributed by atoms with E-state index in [2.05, 4.69) is 19.0 Å². The van der Waals surface area contributed by atoms with Crippen LogP contribution >= 0.6 is 0 Å². The molecule has 0 aromatic carbocycles. The van der Waals surface area contributed by atoms with Gasteiger partial charge in [0.25, 0.3) is 0 Å². The number of hydrogen-bond acceptors (Lipinski definition) is 3. The number of carbonyl (C=O) groups is 1. The van der Waals surface area contributed by atoms with E-state index in [1.165, 1.54) is 37.7 Å². The maximum atomic E-state index is 11.9. The summed E-state index contributed by atoms with van der Waals surface area (Å²) in [6.07, 6.45) is 11.1. The molecule has 1 unspecified atom stereocenters. The number of oxime groups is 1. The van der Waals surface area contributed by atoms with E-state index in [1.807, 2.05) is 13.0 Å². The Labute approximate surface area is 145 Å². The number of rotatable bonds is 1. The van der Waals surface area contributed by atoms with Crippen LogP contribution in [0.4, 0.5) is 0 Å². The molecule has 3 saturated carbocycles. The van der Waals surface area contributed by atoms with Crippen LogP contribution in [0.2, 0.25) is 0 Å². The van der Waals surface area contributed by atoms with Crippen molar-refractivity contribution in [2.45, 2.75) is 72.1 Å². The first-order valence-corrected chi connectivity index (χ1v) is 9.82. The van der Waals surface area contributed by atoms with E-state index in [4.69, 9.17) is 0 Å². The van der Waals surface area contributed by atoms with E-state index in [-0.39, 0.29) is 5.41 Å². The minimum atomic E-state index is 0.260. The lowest BCUT2D eigenvalue weighted by atomic mass is 9.46. The number of nitrogens with zero attached hydrogens (tertiary/aromatic N) is 1. The molecule has 4 aliphatic carbocycles. The molecule has 3 heteroatoms. The molecule has 3 fully saturated rings. The molecular weight excluding hydrogens is 298 g/mol. The summed E-state index contributed by atoms with van der Waals surface area (Å²) < 4.78 is 0. The summed E-state index contributed by atoms with van der Waals surface area (Å²) in [7, 11) is 0.